The molecular formula is C13H21N3O. The largest absolute Gasteiger partial charge is 0.383 e. The molecule has 0 bridgehead atoms. The molecule has 0 aliphatic rings. The maximum absolute atomic E-state index is 5.43. The van der Waals surface area contributed by atoms with E-state index in [0.29, 0.717) is 13.2 Å². The van der Waals surface area contributed by atoms with Crippen LogP contribution in [0.4, 0.5) is 0 Å². The minimum atomic E-state index is 0.621. The summed E-state index contributed by atoms with van der Waals surface area (Å²) in [7, 11) is 1.66. The number of hydrogen-bond donors (Lipinski definition) is 2. The molecule has 0 atom stereocenters. The number of ether oxygens (including phenoxy) is 1. The Hall–Kier alpha value is -1.39. The fraction of sp³-hybridized carbons (Fsp3) is 0.462. The Morgan fingerprint density at radius 2 is 2.29 bits per heavy atom. The third-order valence-corrected chi connectivity index (χ3v) is 2.50. The molecule has 4 nitrogen and oxygen atoms in total. The first-order chi connectivity index (χ1) is 8.26. The van der Waals surface area contributed by atoms with Crippen molar-refractivity contribution in [1.82, 2.24) is 5.43 Å². The van der Waals surface area contributed by atoms with Crippen molar-refractivity contribution < 1.29 is 4.74 Å². The van der Waals surface area contributed by atoms with Crippen LogP contribution in [0.15, 0.2) is 29.3 Å². The third-order valence-electron chi connectivity index (χ3n) is 2.50. The van der Waals surface area contributed by atoms with Crippen molar-refractivity contribution in [3.63, 3.8) is 0 Å². The van der Waals surface area contributed by atoms with Crippen LogP contribution >= 0.6 is 0 Å². The van der Waals surface area contributed by atoms with Crippen LogP contribution in [0.3, 0.4) is 0 Å². The first kappa shape index (κ1) is 13.7. The van der Waals surface area contributed by atoms with Crippen molar-refractivity contribution in [3.8, 4) is 0 Å². The third kappa shape index (κ3) is 5.47. The van der Waals surface area contributed by atoms with Gasteiger partial charge in [0.25, 0.3) is 0 Å². The van der Waals surface area contributed by atoms with Crippen molar-refractivity contribution in [3.05, 3.63) is 35.4 Å². The van der Waals surface area contributed by atoms with Crippen molar-refractivity contribution in [2.24, 2.45) is 10.8 Å². The minimum absolute atomic E-state index is 0.621. The molecule has 0 aromatic heterocycles. The highest BCUT2D eigenvalue weighted by molar-refractivity contribution is 5.81. The van der Waals surface area contributed by atoms with Gasteiger partial charge in [-0.15, -0.1) is 0 Å². The van der Waals surface area contributed by atoms with Crippen LogP contribution in [0.2, 0.25) is 0 Å². The standard InChI is InChI=1S/C13H21N3O/c1-11-4-3-5-12(10-11)6-7-13(16-14)15-8-9-17-2/h3-5,10H,6-9,14H2,1-2H3,(H,15,16). The molecule has 0 aliphatic heterocycles. The van der Waals surface area contributed by atoms with E-state index in [1.807, 2.05) is 0 Å². The molecule has 0 saturated carbocycles. The van der Waals surface area contributed by atoms with Gasteiger partial charge in [0.15, 0.2) is 0 Å². The topological polar surface area (TPSA) is 59.6 Å². The molecule has 1 aromatic carbocycles. The zero-order valence-corrected chi connectivity index (χ0v) is 10.6. The van der Waals surface area contributed by atoms with E-state index in [4.69, 9.17) is 10.6 Å². The Morgan fingerprint density at radius 3 is 2.94 bits per heavy atom. The lowest BCUT2D eigenvalue weighted by Crippen LogP contribution is -2.31. The average Bonchev–Trinajstić information content (AvgIpc) is 2.34. The Morgan fingerprint density at radius 1 is 1.47 bits per heavy atom. The summed E-state index contributed by atoms with van der Waals surface area (Å²) >= 11 is 0. The zero-order valence-electron chi connectivity index (χ0n) is 10.6. The van der Waals surface area contributed by atoms with Gasteiger partial charge in [-0.1, -0.05) is 29.8 Å². The second kappa shape index (κ2) is 7.81. The van der Waals surface area contributed by atoms with Gasteiger partial charge in [-0.25, -0.2) is 5.84 Å². The smallest absolute Gasteiger partial charge is 0.111 e. The molecule has 0 spiro atoms. The summed E-state index contributed by atoms with van der Waals surface area (Å²) in [6, 6.07) is 8.47. The number of nitrogens with one attached hydrogen (secondary N) is 1. The summed E-state index contributed by atoms with van der Waals surface area (Å²) in [5.74, 6) is 6.25. The van der Waals surface area contributed by atoms with E-state index in [1.54, 1.807) is 7.11 Å². The van der Waals surface area contributed by atoms with Gasteiger partial charge in [0.2, 0.25) is 0 Å². The molecule has 1 rings (SSSR count). The van der Waals surface area contributed by atoms with Crippen LogP contribution in [0.1, 0.15) is 17.5 Å². The Balaban J connectivity index is 2.44. The predicted octanol–water partition coefficient (Wildman–Crippen LogP) is 1.44. The van der Waals surface area contributed by atoms with Crippen LogP contribution in [-0.4, -0.2) is 26.1 Å². The average molecular weight is 235 g/mol. The van der Waals surface area contributed by atoms with Gasteiger partial charge < -0.3 is 10.2 Å². The number of aliphatic imine (C=N–C) groups is 1. The summed E-state index contributed by atoms with van der Waals surface area (Å²) in [4.78, 5) is 4.32. The molecule has 0 aliphatic carbocycles. The second-order valence-corrected chi connectivity index (χ2v) is 3.95. The van der Waals surface area contributed by atoms with Gasteiger partial charge in [-0.2, -0.15) is 0 Å². The number of hydrogen-bond acceptors (Lipinski definition) is 3. The molecule has 4 heteroatoms. The lowest BCUT2D eigenvalue weighted by Gasteiger charge is -2.06. The highest BCUT2D eigenvalue weighted by atomic mass is 16.5. The molecule has 0 heterocycles. The SMILES string of the molecule is COCCN=C(CCc1cccc(C)c1)NN. The van der Waals surface area contributed by atoms with Crippen LogP contribution in [0.5, 0.6) is 0 Å². The quantitative estimate of drug-likeness (QED) is 0.258. The van der Waals surface area contributed by atoms with Crippen LogP contribution < -0.4 is 11.3 Å². The summed E-state index contributed by atoms with van der Waals surface area (Å²) in [6.45, 7) is 3.36. The van der Waals surface area contributed by atoms with Gasteiger partial charge in [0.05, 0.1) is 13.2 Å². The fourth-order valence-electron chi connectivity index (χ4n) is 1.60. The maximum atomic E-state index is 5.43. The van der Waals surface area contributed by atoms with E-state index in [-0.39, 0.29) is 0 Å². The predicted molar refractivity (Wildman–Crippen MR) is 71.0 cm³/mol. The fourth-order valence-corrected chi connectivity index (χ4v) is 1.60. The van der Waals surface area contributed by atoms with Crippen molar-refractivity contribution >= 4 is 5.84 Å². The number of nitrogens with zero attached hydrogens (tertiary/aromatic N) is 1. The van der Waals surface area contributed by atoms with E-state index in [2.05, 4.69) is 41.6 Å². The van der Waals surface area contributed by atoms with Gasteiger partial charge in [-0.05, 0) is 18.9 Å². The van der Waals surface area contributed by atoms with E-state index in [0.717, 1.165) is 18.7 Å². The van der Waals surface area contributed by atoms with Gasteiger partial charge >= 0.3 is 0 Å². The lowest BCUT2D eigenvalue weighted by atomic mass is 10.1. The molecule has 0 amide bonds. The van der Waals surface area contributed by atoms with Gasteiger partial charge in [-0.3, -0.25) is 4.99 Å². The van der Waals surface area contributed by atoms with Crippen LogP contribution in [0, 0.1) is 6.92 Å². The Kier molecular flexibility index (Phi) is 6.29. The zero-order chi connectivity index (χ0) is 12.5. The summed E-state index contributed by atoms with van der Waals surface area (Å²) in [5, 5.41) is 0. The molecule has 1 aromatic rings. The summed E-state index contributed by atoms with van der Waals surface area (Å²) in [6.07, 6.45) is 1.77. The van der Waals surface area contributed by atoms with E-state index in [9.17, 15) is 0 Å². The van der Waals surface area contributed by atoms with E-state index < -0.39 is 0 Å². The molecule has 0 radical (unpaired) electrons. The molecule has 94 valence electrons. The highest BCUT2D eigenvalue weighted by Gasteiger charge is 1.99. The molecular weight excluding hydrogens is 214 g/mol. The van der Waals surface area contributed by atoms with Crippen molar-refractivity contribution in [2.45, 2.75) is 19.8 Å². The van der Waals surface area contributed by atoms with Crippen LogP contribution in [-0.2, 0) is 11.2 Å². The lowest BCUT2D eigenvalue weighted by molar-refractivity contribution is 0.208. The van der Waals surface area contributed by atoms with E-state index >= 15 is 0 Å². The normalized spacial score (nSPS) is 11.6. The van der Waals surface area contributed by atoms with Gasteiger partial charge in [0.1, 0.15) is 5.84 Å². The minimum Gasteiger partial charge on any atom is -0.383 e. The Bertz CT molecular complexity index is 363. The van der Waals surface area contributed by atoms with Gasteiger partial charge in [0, 0.05) is 13.5 Å². The van der Waals surface area contributed by atoms with E-state index in [1.165, 1.54) is 11.1 Å². The number of hydrazine groups is 1. The number of methoxy groups -OCH3 is 1. The number of nitrogens with two attached hydrogens (primary N) is 1. The second-order valence-electron chi connectivity index (χ2n) is 3.95. The highest BCUT2D eigenvalue weighted by Crippen LogP contribution is 2.06. The molecule has 3 N–H and O–H groups in total. The summed E-state index contributed by atoms with van der Waals surface area (Å²) < 4.78 is 4.94. The molecule has 0 saturated heterocycles. The first-order valence-electron chi connectivity index (χ1n) is 5.80. The number of amidine groups is 1. The van der Waals surface area contributed by atoms with Crippen LogP contribution in [0.25, 0.3) is 0 Å². The Labute approximate surface area is 103 Å². The number of aryl methyl sites for hydroxylation is 2. The van der Waals surface area contributed by atoms with Crippen molar-refractivity contribution in [1.29, 1.82) is 0 Å². The number of benzene rings is 1. The first-order valence-corrected chi connectivity index (χ1v) is 5.80. The number of rotatable bonds is 6. The molecule has 0 fully saturated rings. The monoisotopic (exact) mass is 235 g/mol. The molecule has 0 unspecified atom stereocenters. The maximum Gasteiger partial charge on any atom is 0.111 e. The molecule has 17 heavy (non-hydrogen) atoms. The summed E-state index contributed by atoms with van der Waals surface area (Å²) in [5.41, 5.74) is 5.22. The van der Waals surface area contributed by atoms with Crippen molar-refractivity contribution in [2.75, 3.05) is 20.3 Å².